The smallest absolute Gasteiger partial charge is 0.326 e. The van der Waals surface area contributed by atoms with Crippen molar-refractivity contribution < 1.29 is 23.9 Å². The van der Waals surface area contributed by atoms with Crippen LogP contribution in [0.15, 0.2) is 24.3 Å². The SMILES string of the molecule is CCc1cccc(NC(=O)COC(=O)CN2C(=O)N[C@]3(CCCC[C@H]3C)C2=O)c1. The fourth-order valence-electron chi connectivity index (χ4n) is 4.03. The molecule has 156 valence electrons. The second-order valence-electron chi connectivity index (χ2n) is 7.70. The maximum Gasteiger partial charge on any atom is 0.326 e. The normalized spacial score (nSPS) is 23.8. The van der Waals surface area contributed by atoms with Gasteiger partial charge in [-0.15, -0.1) is 0 Å². The molecule has 1 heterocycles. The summed E-state index contributed by atoms with van der Waals surface area (Å²) in [4.78, 5) is 50.2. The number of imide groups is 1. The summed E-state index contributed by atoms with van der Waals surface area (Å²) in [6.45, 7) is 2.96. The van der Waals surface area contributed by atoms with Crippen LogP contribution in [-0.2, 0) is 25.5 Å². The van der Waals surface area contributed by atoms with E-state index in [1.807, 2.05) is 32.0 Å². The Kier molecular flexibility index (Phi) is 6.20. The predicted octanol–water partition coefficient (Wildman–Crippen LogP) is 2.23. The van der Waals surface area contributed by atoms with Crippen LogP contribution in [0.25, 0.3) is 0 Å². The number of rotatable bonds is 6. The van der Waals surface area contributed by atoms with Crippen LogP contribution in [0.2, 0.25) is 0 Å². The van der Waals surface area contributed by atoms with Crippen LogP contribution in [0, 0.1) is 5.92 Å². The third-order valence-electron chi connectivity index (χ3n) is 5.77. The minimum Gasteiger partial charge on any atom is -0.454 e. The van der Waals surface area contributed by atoms with Crippen molar-refractivity contribution in [2.24, 2.45) is 5.92 Å². The maximum absolute atomic E-state index is 12.8. The predicted molar refractivity (Wildman–Crippen MR) is 106 cm³/mol. The summed E-state index contributed by atoms with van der Waals surface area (Å²) >= 11 is 0. The average molecular weight is 401 g/mol. The Morgan fingerprint density at radius 1 is 1.31 bits per heavy atom. The monoisotopic (exact) mass is 401 g/mol. The summed E-state index contributed by atoms with van der Waals surface area (Å²) in [5.74, 6) is -1.65. The molecule has 0 aromatic heterocycles. The first-order valence-corrected chi connectivity index (χ1v) is 10.0. The van der Waals surface area contributed by atoms with Gasteiger partial charge in [-0.1, -0.05) is 38.8 Å². The fraction of sp³-hybridized carbons (Fsp3) is 0.524. The Bertz CT molecular complexity index is 824. The van der Waals surface area contributed by atoms with Crippen molar-refractivity contribution in [3.63, 3.8) is 0 Å². The van der Waals surface area contributed by atoms with E-state index in [0.29, 0.717) is 12.1 Å². The van der Waals surface area contributed by atoms with Crippen molar-refractivity contribution in [1.29, 1.82) is 0 Å². The second kappa shape index (κ2) is 8.63. The van der Waals surface area contributed by atoms with E-state index in [4.69, 9.17) is 4.74 Å². The van der Waals surface area contributed by atoms with Gasteiger partial charge in [-0.05, 0) is 42.9 Å². The van der Waals surface area contributed by atoms with Gasteiger partial charge < -0.3 is 15.4 Å². The Hall–Kier alpha value is -2.90. The van der Waals surface area contributed by atoms with Gasteiger partial charge >= 0.3 is 12.0 Å². The number of nitrogens with zero attached hydrogens (tertiary/aromatic N) is 1. The highest BCUT2D eigenvalue weighted by Crippen LogP contribution is 2.38. The minimum atomic E-state index is -0.919. The molecule has 1 aromatic carbocycles. The molecular weight excluding hydrogens is 374 g/mol. The topological polar surface area (TPSA) is 105 Å². The molecule has 8 nitrogen and oxygen atoms in total. The number of urea groups is 1. The molecule has 1 aliphatic carbocycles. The lowest BCUT2D eigenvalue weighted by molar-refractivity contribution is -0.150. The van der Waals surface area contributed by atoms with Crippen LogP contribution < -0.4 is 10.6 Å². The van der Waals surface area contributed by atoms with E-state index in [2.05, 4.69) is 10.6 Å². The number of carbonyl (C=O) groups is 4. The molecule has 1 saturated heterocycles. The number of esters is 1. The largest absolute Gasteiger partial charge is 0.454 e. The van der Waals surface area contributed by atoms with Crippen molar-refractivity contribution in [2.45, 2.75) is 51.5 Å². The van der Waals surface area contributed by atoms with Gasteiger partial charge in [-0.25, -0.2) is 4.79 Å². The molecule has 2 aliphatic rings. The van der Waals surface area contributed by atoms with Gasteiger partial charge in [0.25, 0.3) is 11.8 Å². The zero-order valence-electron chi connectivity index (χ0n) is 16.8. The van der Waals surface area contributed by atoms with Crippen LogP contribution >= 0.6 is 0 Å². The van der Waals surface area contributed by atoms with Crippen molar-refractivity contribution in [1.82, 2.24) is 10.2 Å². The molecule has 1 aliphatic heterocycles. The molecule has 4 amide bonds. The first-order valence-electron chi connectivity index (χ1n) is 10.0. The summed E-state index contributed by atoms with van der Waals surface area (Å²) in [6.07, 6.45) is 4.14. The quantitative estimate of drug-likeness (QED) is 0.562. The third-order valence-corrected chi connectivity index (χ3v) is 5.77. The molecule has 2 fully saturated rings. The second-order valence-corrected chi connectivity index (χ2v) is 7.70. The number of aryl methyl sites for hydroxylation is 1. The van der Waals surface area contributed by atoms with Crippen LogP contribution in [0.4, 0.5) is 10.5 Å². The summed E-state index contributed by atoms with van der Waals surface area (Å²) in [5, 5.41) is 5.44. The first kappa shape index (κ1) is 20.8. The molecule has 29 heavy (non-hydrogen) atoms. The lowest BCUT2D eigenvalue weighted by atomic mass is 9.73. The molecule has 0 unspecified atom stereocenters. The summed E-state index contributed by atoms with van der Waals surface area (Å²) < 4.78 is 4.97. The fourth-order valence-corrected chi connectivity index (χ4v) is 4.03. The van der Waals surface area contributed by atoms with Crippen molar-refractivity contribution in [3.8, 4) is 0 Å². The van der Waals surface area contributed by atoms with Gasteiger partial charge in [0.05, 0.1) is 0 Å². The Balaban J connectivity index is 1.52. The lowest BCUT2D eigenvalue weighted by Crippen LogP contribution is -2.54. The molecule has 1 saturated carbocycles. The number of ether oxygens (including phenoxy) is 1. The van der Waals surface area contributed by atoms with E-state index in [-0.39, 0.29) is 11.8 Å². The van der Waals surface area contributed by atoms with E-state index in [1.165, 1.54) is 0 Å². The van der Waals surface area contributed by atoms with Gasteiger partial charge in [-0.2, -0.15) is 0 Å². The Morgan fingerprint density at radius 3 is 2.83 bits per heavy atom. The van der Waals surface area contributed by atoms with Gasteiger partial charge in [0, 0.05) is 5.69 Å². The minimum absolute atomic E-state index is 0.0124. The van der Waals surface area contributed by atoms with Crippen molar-refractivity contribution in [3.05, 3.63) is 29.8 Å². The molecule has 3 rings (SSSR count). The highest BCUT2D eigenvalue weighted by atomic mass is 16.5. The van der Waals surface area contributed by atoms with Crippen molar-refractivity contribution >= 4 is 29.5 Å². The van der Waals surface area contributed by atoms with Crippen molar-refractivity contribution in [2.75, 3.05) is 18.5 Å². The average Bonchev–Trinajstić information content (AvgIpc) is 2.94. The van der Waals surface area contributed by atoms with E-state index in [0.717, 1.165) is 36.1 Å². The van der Waals surface area contributed by atoms with E-state index >= 15 is 0 Å². The molecule has 2 atom stereocenters. The van der Waals surface area contributed by atoms with Gasteiger partial charge in [0.2, 0.25) is 0 Å². The number of carbonyl (C=O) groups excluding carboxylic acids is 4. The molecule has 0 bridgehead atoms. The Labute approximate surface area is 170 Å². The van der Waals surface area contributed by atoms with E-state index in [9.17, 15) is 19.2 Å². The molecule has 8 heteroatoms. The zero-order valence-corrected chi connectivity index (χ0v) is 16.8. The number of nitrogens with one attached hydrogen (secondary N) is 2. The Morgan fingerprint density at radius 2 is 2.10 bits per heavy atom. The molecule has 1 aromatic rings. The summed E-state index contributed by atoms with van der Waals surface area (Å²) in [7, 11) is 0. The highest BCUT2D eigenvalue weighted by molar-refractivity contribution is 6.09. The first-order chi connectivity index (χ1) is 13.9. The van der Waals surface area contributed by atoms with Crippen LogP contribution in [0.1, 0.15) is 45.1 Å². The standard InChI is InChI=1S/C21H27N3O5/c1-3-15-8-6-9-16(11-15)22-17(25)13-29-18(26)12-24-19(27)21(23-20(24)28)10-5-4-7-14(21)2/h6,8-9,11,14H,3-5,7,10,12-13H2,1-2H3,(H,22,25)(H,23,28)/t14-,21+/m1/s1. The molecule has 0 radical (unpaired) electrons. The molecule has 1 spiro atoms. The molecular formula is C21H27N3O5. The van der Waals surface area contributed by atoms with Gasteiger partial charge in [0.15, 0.2) is 6.61 Å². The number of anilines is 1. The van der Waals surface area contributed by atoms with Crippen LogP contribution in [-0.4, -0.2) is 47.4 Å². The summed E-state index contributed by atoms with van der Waals surface area (Å²) in [6, 6.07) is 6.80. The van der Waals surface area contributed by atoms with Crippen LogP contribution in [0.5, 0.6) is 0 Å². The van der Waals surface area contributed by atoms with E-state index < -0.39 is 36.6 Å². The molecule has 2 N–H and O–H groups in total. The van der Waals surface area contributed by atoms with E-state index in [1.54, 1.807) is 6.07 Å². The highest BCUT2D eigenvalue weighted by Gasteiger charge is 2.55. The maximum atomic E-state index is 12.8. The van der Waals surface area contributed by atoms with Crippen LogP contribution in [0.3, 0.4) is 0 Å². The lowest BCUT2D eigenvalue weighted by Gasteiger charge is -2.36. The number of benzene rings is 1. The van der Waals surface area contributed by atoms with Gasteiger partial charge in [0.1, 0.15) is 12.1 Å². The zero-order chi connectivity index (χ0) is 21.0. The summed E-state index contributed by atoms with van der Waals surface area (Å²) in [5.41, 5.74) is 0.772. The third kappa shape index (κ3) is 4.41. The number of hydrogen-bond donors (Lipinski definition) is 2. The number of amides is 4. The van der Waals surface area contributed by atoms with Gasteiger partial charge in [-0.3, -0.25) is 19.3 Å². The number of hydrogen-bond acceptors (Lipinski definition) is 5.